The molecule has 1 amide bonds. The lowest BCUT2D eigenvalue weighted by atomic mass is 10.1. The molecule has 0 aliphatic carbocycles. The number of carbonyl (C=O) groups excluding carboxylic acids is 1. The van der Waals surface area contributed by atoms with Crippen molar-refractivity contribution in [2.45, 2.75) is 19.3 Å². The molecule has 1 fully saturated rings. The van der Waals surface area contributed by atoms with Gasteiger partial charge >= 0.3 is 0 Å². The van der Waals surface area contributed by atoms with Gasteiger partial charge in [0.25, 0.3) is 0 Å². The van der Waals surface area contributed by atoms with Crippen molar-refractivity contribution in [2.24, 2.45) is 0 Å². The number of anilines is 1. The number of aryl methyl sites for hydroxylation is 1. The highest BCUT2D eigenvalue weighted by Gasteiger charge is 2.35. The first-order valence-corrected chi connectivity index (χ1v) is 8.44. The predicted octanol–water partition coefficient (Wildman–Crippen LogP) is 4.22. The maximum absolute atomic E-state index is 12.4. The molecule has 3 aromatic rings. The summed E-state index contributed by atoms with van der Waals surface area (Å²) in [7, 11) is 0. The fourth-order valence-corrected chi connectivity index (χ4v) is 3.25. The minimum absolute atomic E-state index is 0.0302. The number of carbonyl (C=O) groups is 1. The van der Waals surface area contributed by atoms with Crippen LogP contribution in [-0.4, -0.2) is 22.6 Å². The average molecular weight is 354 g/mol. The van der Waals surface area contributed by atoms with E-state index in [1.807, 2.05) is 43.3 Å². The highest BCUT2D eigenvalue weighted by Crippen LogP contribution is 2.32. The number of amides is 1. The summed E-state index contributed by atoms with van der Waals surface area (Å²) in [4.78, 5) is 18.6. The van der Waals surface area contributed by atoms with E-state index in [1.165, 1.54) is 0 Å². The zero-order valence-corrected chi connectivity index (χ0v) is 14.4. The van der Waals surface area contributed by atoms with Crippen LogP contribution in [0, 0.1) is 6.92 Å². The molecule has 1 aliphatic rings. The number of rotatable bonds is 3. The van der Waals surface area contributed by atoms with Crippen LogP contribution in [0.25, 0.3) is 11.4 Å². The first-order valence-electron chi connectivity index (χ1n) is 8.07. The van der Waals surface area contributed by atoms with E-state index < -0.39 is 0 Å². The molecule has 0 bridgehead atoms. The Morgan fingerprint density at radius 2 is 2.04 bits per heavy atom. The van der Waals surface area contributed by atoms with Gasteiger partial charge in [-0.25, -0.2) is 0 Å². The Kier molecular flexibility index (Phi) is 4.01. The molecule has 25 heavy (non-hydrogen) atoms. The van der Waals surface area contributed by atoms with Crippen molar-refractivity contribution in [3.05, 3.63) is 65.0 Å². The van der Waals surface area contributed by atoms with Gasteiger partial charge in [-0.05, 0) is 31.2 Å². The zero-order valence-electron chi connectivity index (χ0n) is 13.6. The van der Waals surface area contributed by atoms with Crippen LogP contribution in [0.3, 0.4) is 0 Å². The minimum Gasteiger partial charge on any atom is -0.339 e. The Balaban J connectivity index is 1.57. The third-order valence-corrected chi connectivity index (χ3v) is 4.55. The van der Waals surface area contributed by atoms with E-state index in [0.29, 0.717) is 29.7 Å². The van der Waals surface area contributed by atoms with E-state index >= 15 is 0 Å². The van der Waals surface area contributed by atoms with Gasteiger partial charge in [0, 0.05) is 29.2 Å². The highest BCUT2D eigenvalue weighted by atomic mass is 35.5. The fourth-order valence-electron chi connectivity index (χ4n) is 3.07. The molecular formula is C19H16ClN3O2. The summed E-state index contributed by atoms with van der Waals surface area (Å²) in [6, 6.07) is 15.2. The third-order valence-electron chi connectivity index (χ3n) is 4.31. The summed E-state index contributed by atoms with van der Waals surface area (Å²) >= 11 is 6.03. The van der Waals surface area contributed by atoms with Crippen LogP contribution in [-0.2, 0) is 4.79 Å². The van der Waals surface area contributed by atoms with Gasteiger partial charge in [0.1, 0.15) is 0 Å². The number of halogens is 1. The van der Waals surface area contributed by atoms with Gasteiger partial charge in [0.05, 0.1) is 5.92 Å². The molecule has 1 atom stereocenters. The van der Waals surface area contributed by atoms with E-state index in [4.69, 9.17) is 16.1 Å². The molecule has 2 aromatic carbocycles. The molecule has 1 saturated heterocycles. The minimum atomic E-state index is -0.113. The Bertz CT molecular complexity index is 938. The number of benzene rings is 2. The van der Waals surface area contributed by atoms with E-state index in [9.17, 15) is 4.79 Å². The molecule has 0 unspecified atom stereocenters. The molecule has 4 rings (SSSR count). The monoisotopic (exact) mass is 353 g/mol. The molecule has 0 saturated carbocycles. The normalized spacial score (nSPS) is 17.3. The highest BCUT2D eigenvalue weighted by molar-refractivity contribution is 6.30. The molecule has 5 nitrogen and oxygen atoms in total. The Hall–Kier alpha value is -2.66. The fraction of sp³-hybridized carbons (Fsp3) is 0.211. The van der Waals surface area contributed by atoms with Crippen molar-refractivity contribution in [1.29, 1.82) is 0 Å². The van der Waals surface area contributed by atoms with E-state index in [0.717, 1.165) is 16.8 Å². The van der Waals surface area contributed by atoms with Gasteiger partial charge in [-0.1, -0.05) is 46.6 Å². The van der Waals surface area contributed by atoms with Crippen LogP contribution >= 0.6 is 11.6 Å². The summed E-state index contributed by atoms with van der Waals surface area (Å²) < 4.78 is 5.43. The Labute approximate surface area is 150 Å². The molecule has 126 valence electrons. The second-order valence-electron chi connectivity index (χ2n) is 6.21. The second-order valence-corrected chi connectivity index (χ2v) is 6.65. The summed E-state index contributed by atoms with van der Waals surface area (Å²) in [5.41, 5.74) is 2.83. The Morgan fingerprint density at radius 1 is 1.20 bits per heavy atom. The van der Waals surface area contributed by atoms with Crippen molar-refractivity contribution in [2.75, 3.05) is 11.4 Å². The average Bonchev–Trinajstić information content (AvgIpc) is 3.21. The summed E-state index contributed by atoms with van der Waals surface area (Å²) in [5.74, 6) is 0.960. The van der Waals surface area contributed by atoms with Gasteiger partial charge < -0.3 is 9.42 Å². The lowest BCUT2D eigenvalue weighted by Crippen LogP contribution is -2.24. The lowest BCUT2D eigenvalue weighted by Gasteiger charge is -2.16. The van der Waals surface area contributed by atoms with Gasteiger partial charge in [0.15, 0.2) is 0 Å². The van der Waals surface area contributed by atoms with Crippen molar-refractivity contribution in [1.82, 2.24) is 10.1 Å². The van der Waals surface area contributed by atoms with Crippen LogP contribution in [0.1, 0.15) is 23.8 Å². The zero-order chi connectivity index (χ0) is 17.4. The maximum atomic E-state index is 12.4. The molecule has 1 aromatic heterocycles. The van der Waals surface area contributed by atoms with Crippen molar-refractivity contribution >= 4 is 23.2 Å². The van der Waals surface area contributed by atoms with Crippen LogP contribution in [0.2, 0.25) is 5.02 Å². The largest absolute Gasteiger partial charge is 0.339 e. The molecule has 1 aliphatic heterocycles. The molecule has 0 N–H and O–H groups in total. The summed E-state index contributed by atoms with van der Waals surface area (Å²) in [6.07, 6.45) is 0.349. The first kappa shape index (κ1) is 15.8. The lowest BCUT2D eigenvalue weighted by molar-refractivity contribution is -0.117. The SMILES string of the molecule is Cc1cccc(-c2noc([C@@H]3CC(=O)N(c4cccc(Cl)c4)C3)n2)c1. The Morgan fingerprint density at radius 3 is 2.84 bits per heavy atom. The number of hydrogen-bond acceptors (Lipinski definition) is 4. The van der Waals surface area contributed by atoms with Gasteiger partial charge in [-0.15, -0.1) is 0 Å². The third kappa shape index (κ3) is 3.15. The molecule has 0 radical (unpaired) electrons. The molecular weight excluding hydrogens is 338 g/mol. The molecule has 0 spiro atoms. The van der Waals surface area contributed by atoms with Crippen LogP contribution in [0.15, 0.2) is 53.1 Å². The van der Waals surface area contributed by atoms with Gasteiger partial charge in [-0.2, -0.15) is 4.98 Å². The van der Waals surface area contributed by atoms with Crippen LogP contribution < -0.4 is 4.90 Å². The topological polar surface area (TPSA) is 59.2 Å². The summed E-state index contributed by atoms with van der Waals surface area (Å²) in [6.45, 7) is 2.53. The number of nitrogens with zero attached hydrogens (tertiary/aromatic N) is 3. The predicted molar refractivity (Wildman–Crippen MR) is 95.6 cm³/mol. The van der Waals surface area contributed by atoms with Crippen LogP contribution in [0.4, 0.5) is 5.69 Å². The molecule has 2 heterocycles. The van der Waals surface area contributed by atoms with E-state index in [-0.39, 0.29) is 11.8 Å². The summed E-state index contributed by atoms with van der Waals surface area (Å²) in [5, 5.41) is 4.68. The van der Waals surface area contributed by atoms with E-state index in [1.54, 1.807) is 17.0 Å². The van der Waals surface area contributed by atoms with Gasteiger partial charge in [-0.3, -0.25) is 4.79 Å². The van der Waals surface area contributed by atoms with Crippen molar-refractivity contribution in [3.63, 3.8) is 0 Å². The quantitative estimate of drug-likeness (QED) is 0.707. The number of aromatic nitrogens is 2. The van der Waals surface area contributed by atoms with Crippen molar-refractivity contribution in [3.8, 4) is 11.4 Å². The standard InChI is InChI=1S/C19H16ClN3O2/c1-12-4-2-5-13(8-12)18-21-19(25-22-18)14-9-17(24)23(11-14)16-7-3-6-15(20)10-16/h2-8,10,14H,9,11H2,1H3/t14-/m1/s1. The number of hydrogen-bond donors (Lipinski definition) is 0. The first-order chi connectivity index (χ1) is 12.1. The molecule has 6 heteroatoms. The van der Waals surface area contributed by atoms with E-state index in [2.05, 4.69) is 10.1 Å². The van der Waals surface area contributed by atoms with Gasteiger partial charge in [0.2, 0.25) is 17.6 Å². The maximum Gasteiger partial charge on any atom is 0.232 e. The van der Waals surface area contributed by atoms with Crippen LogP contribution in [0.5, 0.6) is 0 Å². The smallest absolute Gasteiger partial charge is 0.232 e. The van der Waals surface area contributed by atoms with Crippen molar-refractivity contribution < 1.29 is 9.32 Å². The second kappa shape index (κ2) is 6.33.